The van der Waals surface area contributed by atoms with Gasteiger partial charge in [-0.1, -0.05) is 0 Å². The average molecular weight is 120 g/mol. The van der Waals surface area contributed by atoms with Crippen LogP contribution in [0.25, 0.3) is 0 Å². The SMILES string of the molecule is CC(C)(O)C(C)(C)F. The molecule has 1 nitrogen and oxygen atoms in total. The zero-order chi connectivity index (χ0) is 7.00. The molecule has 0 aliphatic carbocycles. The minimum absolute atomic E-state index is 1.23. The third-order valence-corrected chi connectivity index (χ3v) is 1.45. The molecule has 0 aromatic heterocycles. The second-order valence-electron chi connectivity index (χ2n) is 3.03. The van der Waals surface area contributed by atoms with Crippen molar-refractivity contribution in [2.45, 2.75) is 39.0 Å². The smallest absolute Gasteiger partial charge is 0.133 e. The molecule has 0 aliphatic heterocycles. The fourth-order valence-corrected chi connectivity index (χ4v) is 0. The van der Waals surface area contributed by atoms with Gasteiger partial charge in [0, 0.05) is 0 Å². The molecular weight excluding hydrogens is 107 g/mol. The van der Waals surface area contributed by atoms with E-state index in [1.54, 1.807) is 0 Å². The number of halogens is 1. The molecule has 0 atom stereocenters. The lowest BCUT2D eigenvalue weighted by Crippen LogP contribution is -2.40. The highest BCUT2D eigenvalue weighted by Crippen LogP contribution is 2.23. The fourth-order valence-electron chi connectivity index (χ4n) is 0. The van der Waals surface area contributed by atoms with Crippen LogP contribution in [0.5, 0.6) is 0 Å². The van der Waals surface area contributed by atoms with Crippen molar-refractivity contribution in [3.05, 3.63) is 0 Å². The van der Waals surface area contributed by atoms with E-state index in [1.165, 1.54) is 27.7 Å². The van der Waals surface area contributed by atoms with Crippen LogP contribution >= 0.6 is 0 Å². The Morgan fingerprint density at radius 1 is 1.12 bits per heavy atom. The Balaban J connectivity index is 4.02. The van der Waals surface area contributed by atoms with Crippen molar-refractivity contribution in [2.75, 3.05) is 0 Å². The van der Waals surface area contributed by atoms with Crippen molar-refractivity contribution in [1.29, 1.82) is 0 Å². The van der Waals surface area contributed by atoms with E-state index in [-0.39, 0.29) is 0 Å². The van der Waals surface area contributed by atoms with Gasteiger partial charge in [0.2, 0.25) is 0 Å². The van der Waals surface area contributed by atoms with Crippen molar-refractivity contribution in [1.82, 2.24) is 0 Å². The lowest BCUT2D eigenvalue weighted by atomic mass is 9.92. The Hall–Kier alpha value is -0.110. The highest BCUT2D eigenvalue weighted by atomic mass is 19.1. The molecule has 0 aromatic carbocycles. The lowest BCUT2D eigenvalue weighted by molar-refractivity contribution is -0.0559. The van der Waals surface area contributed by atoms with Crippen molar-refractivity contribution in [2.24, 2.45) is 0 Å². The molecule has 0 radical (unpaired) electrons. The molecule has 0 amide bonds. The molecule has 0 rings (SSSR count). The molecule has 2 heteroatoms. The summed E-state index contributed by atoms with van der Waals surface area (Å²) in [6.07, 6.45) is 0. The Labute approximate surface area is 49.5 Å². The second-order valence-corrected chi connectivity index (χ2v) is 3.03. The van der Waals surface area contributed by atoms with Gasteiger partial charge in [0.05, 0.1) is 5.60 Å². The number of rotatable bonds is 1. The number of hydrogen-bond donors (Lipinski definition) is 1. The first-order valence-corrected chi connectivity index (χ1v) is 2.66. The van der Waals surface area contributed by atoms with Crippen LogP contribution in [0, 0.1) is 0 Å². The quantitative estimate of drug-likeness (QED) is 0.556. The summed E-state index contributed by atoms with van der Waals surface area (Å²) in [5.74, 6) is 0. The van der Waals surface area contributed by atoms with E-state index < -0.39 is 11.3 Å². The predicted octanol–water partition coefficient (Wildman–Crippen LogP) is 1.51. The van der Waals surface area contributed by atoms with E-state index in [9.17, 15) is 4.39 Å². The summed E-state index contributed by atoms with van der Waals surface area (Å²) in [5, 5.41) is 8.98. The zero-order valence-electron chi connectivity index (χ0n) is 5.83. The summed E-state index contributed by atoms with van der Waals surface area (Å²) in [6.45, 7) is 5.61. The van der Waals surface area contributed by atoms with Gasteiger partial charge in [-0.05, 0) is 27.7 Å². The summed E-state index contributed by atoms with van der Waals surface area (Å²) < 4.78 is 12.6. The van der Waals surface area contributed by atoms with Crippen LogP contribution in [0.3, 0.4) is 0 Å². The zero-order valence-corrected chi connectivity index (χ0v) is 5.83. The van der Waals surface area contributed by atoms with Gasteiger partial charge in [0.25, 0.3) is 0 Å². The van der Waals surface area contributed by atoms with Crippen LogP contribution in [-0.2, 0) is 0 Å². The first-order chi connectivity index (χ1) is 3.25. The standard InChI is InChI=1S/C6H13FO/c1-5(2,7)6(3,4)8/h8H,1-4H3. The highest BCUT2D eigenvalue weighted by molar-refractivity contribution is 4.85. The van der Waals surface area contributed by atoms with E-state index >= 15 is 0 Å². The molecule has 0 unspecified atom stereocenters. The summed E-state index contributed by atoms with van der Waals surface area (Å²) in [6, 6.07) is 0. The van der Waals surface area contributed by atoms with Gasteiger partial charge in [0.15, 0.2) is 0 Å². The van der Waals surface area contributed by atoms with Crippen molar-refractivity contribution in [3.63, 3.8) is 0 Å². The van der Waals surface area contributed by atoms with Gasteiger partial charge in [-0.15, -0.1) is 0 Å². The van der Waals surface area contributed by atoms with Gasteiger partial charge in [-0.3, -0.25) is 0 Å². The molecule has 0 heterocycles. The molecule has 50 valence electrons. The van der Waals surface area contributed by atoms with Gasteiger partial charge in [0.1, 0.15) is 5.67 Å². The lowest BCUT2D eigenvalue weighted by Gasteiger charge is -2.28. The normalized spacial score (nSPS) is 14.2. The highest BCUT2D eigenvalue weighted by Gasteiger charge is 2.34. The van der Waals surface area contributed by atoms with Crippen molar-refractivity contribution in [3.8, 4) is 0 Å². The average Bonchev–Trinajstić information content (AvgIpc) is 1.25. The van der Waals surface area contributed by atoms with Gasteiger partial charge >= 0.3 is 0 Å². The first-order valence-electron chi connectivity index (χ1n) is 2.66. The van der Waals surface area contributed by atoms with E-state index in [1.807, 2.05) is 0 Å². The molecule has 0 aliphatic rings. The minimum atomic E-state index is -1.51. The Morgan fingerprint density at radius 2 is 1.25 bits per heavy atom. The maximum atomic E-state index is 12.6. The van der Waals surface area contributed by atoms with E-state index in [0.29, 0.717) is 0 Å². The molecular formula is C6H13FO. The summed E-state index contributed by atoms with van der Waals surface area (Å²) in [5.41, 5.74) is -2.74. The third-order valence-electron chi connectivity index (χ3n) is 1.45. The molecule has 0 saturated heterocycles. The maximum Gasteiger partial charge on any atom is 0.133 e. The summed E-state index contributed by atoms with van der Waals surface area (Å²) in [7, 11) is 0. The number of hydrogen-bond acceptors (Lipinski definition) is 1. The minimum Gasteiger partial charge on any atom is -0.387 e. The molecule has 0 spiro atoms. The summed E-state index contributed by atoms with van der Waals surface area (Å²) >= 11 is 0. The largest absolute Gasteiger partial charge is 0.387 e. The van der Waals surface area contributed by atoms with Crippen LogP contribution in [0.4, 0.5) is 4.39 Å². The number of alkyl halides is 1. The van der Waals surface area contributed by atoms with Crippen LogP contribution in [-0.4, -0.2) is 16.4 Å². The molecule has 1 N–H and O–H groups in total. The number of aliphatic hydroxyl groups is 1. The molecule has 0 saturated carbocycles. The van der Waals surface area contributed by atoms with E-state index in [4.69, 9.17) is 5.11 Å². The van der Waals surface area contributed by atoms with Gasteiger partial charge < -0.3 is 5.11 Å². The topological polar surface area (TPSA) is 20.2 Å². The maximum absolute atomic E-state index is 12.6. The predicted molar refractivity (Wildman–Crippen MR) is 31.5 cm³/mol. The van der Waals surface area contributed by atoms with Crippen LogP contribution in [0.15, 0.2) is 0 Å². The van der Waals surface area contributed by atoms with Crippen LogP contribution < -0.4 is 0 Å². The van der Waals surface area contributed by atoms with Gasteiger partial charge in [-0.25, -0.2) is 4.39 Å². The Morgan fingerprint density at radius 3 is 1.25 bits per heavy atom. The van der Waals surface area contributed by atoms with Crippen molar-refractivity contribution < 1.29 is 9.50 Å². The Kier molecular flexibility index (Phi) is 1.67. The second kappa shape index (κ2) is 1.69. The molecule has 0 aromatic rings. The van der Waals surface area contributed by atoms with E-state index in [2.05, 4.69) is 0 Å². The van der Waals surface area contributed by atoms with Gasteiger partial charge in [-0.2, -0.15) is 0 Å². The monoisotopic (exact) mass is 120 g/mol. The first kappa shape index (κ1) is 7.89. The van der Waals surface area contributed by atoms with Crippen LogP contribution in [0.2, 0.25) is 0 Å². The fraction of sp³-hybridized carbons (Fsp3) is 1.00. The summed E-state index contributed by atoms with van der Waals surface area (Å²) in [4.78, 5) is 0. The molecule has 0 bridgehead atoms. The van der Waals surface area contributed by atoms with Crippen molar-refractivity contribution >= 4 is 0 Å². The van der Waals surface area contributed by atoms with E-state index in [0.717, 1.165) is 0 Å². The molecule has 0 fully saturated rings. The van der Waals surface area contributed by atoms with Crippen LogP contribution in [0.1, 0.15) is 27.7 Å². The third kappa shape index (κ3) is 1.78. The molecule has 8 heavy (non-hydrogen) atoms. The Bertz CT molecular complexity index is 63.5.